The lowest BCUT2D eigenvalue weighted by Crippen LogP contribution is -1.93. The largest absolute Gasteiger partial charge is 0.469 e. The molecule has 80 valence electrons. The van der Waals surface area contributed by atoms with Crippen LogP contribution in [0.2, 0.25) is 0 Å². The first-order chi connectivity index (χ1) is 7.92. The van der Waals surface area contributed by atoms with E-state index in [-0.39, 0.29) is 0 Å². The second-order valence-corrected chi connectivity index (χ2v) is 3.61. The number of rotatable bonds is 3. The predicted molar refractivity (Wildman–Crippen MR) is 59.1 cm³/mol. The number of nitrogens with zero attached hydrogens (tertiary/aromatic N) is 3. The Bertz CT molecular complexity index is 550. The van der Waals surface area contributed by atoms with Crippen molar-refractivity contribution in [2.75, 3.05) is 0 Å². The number of pyridine rings is 1. The van der Waals surface area contributed by atoms with E-state index in [9.17, 15) is 0 Å². The molecule has 3 rings (SSSR count). The number of aryl methyl sites for hydroxylation is 2. The van der Waals surface area contributed by atoms with Crippen molar-refractivity contribution in [1.82, 2.24) is 14.6 Å². The summed E-state index contributed by atoms with van der Waals surface area (Å²) in [5.41, 5.74) is 0.886. The molecule has 4 heteroatoms. The Morgan fingerprint density at radius 2 is 2.12 bits per heavy atom. The Balaban J connectivity index is 1.79. The number of aromatic nitrogens is 3. The van der Waals surface area contributed by atoms with Gasteiger partial charge in [-0.2, -0.15) is 5.10 Å². The van der Waals surface area contributed by atoms with Gasteiger partial charge in [-0.1, -0.05) is 6.07 Å². The Kier molecular flexibility index (Phi) is 2.18. The second-order valence-electron chi connectivity index (χ2n) is 3.61. The van der Waals surface area contributed by atoms with Crippen LogP contribution < -0.4 is 0 Å². The van der Waals surface area contributed by atoms with Gasteiger partial charge in [-0.15, -0.1) is 0 Å². The third-order valence-corrected chi connectivity index (χ3v) is 2.46. The zero-order chi connectivity index (χ0) is 10.8. The molecule has 0 bridgehead atoms. The van der Waals surface area contributed by atoms with E-state index in [1.54, 1.807) is 10.8 Å². The van der Waals surface area contributed by atoms with Crippen LogP contribution in [0.1, 0.15) is 11.6 Å². The van der Waals surface area contributed by atoms with Crippen molar-refractivity contribution < 1.29 is 4.42 Å². The highest BCUT2D eigenvalue weighted by Crippen LogP contribution is 2.06. The van der Waals surface area contributed by atoms with Gasteiger partial charge in [0.1, 0.15) is 5.76 Å². The molecular formula is C12H11N3O. The minimum atomic E-state index is 0.801. The fourth-order valence-corrected chi connectivity index (χ4v) is 1.67. The summed E-state index contributed by atoms with van der Waals surface area (Å²) in [4.78, 5) is 4.42. The maximum absolute atomic E-state index is 5.27. The third kappa shape index (κ3) is 1.69. The summed E-state index contributed by atoms with van der Waals surface area (Å²) in [6.45, 7) is 0. The molecule has 0 radical (unpaired) electrons. The van der Waals surface area contributed by atoms with E-state index in [1.165, 1.54) is 0 Å². The Labute approximate surface area is 92.5 Å². The van der Waals surface area contributed by atoms with Crippen molar-refractivity contribution in [2.24, 2.45) is 0 Å². The van der Waals surface area contributed by atoms with E-state index in [2.05, 4.69) is 10.1 Å². The summed E-state index contributed by atoms with van der Waals surface area (Å²) in [6.07, 6.45) is 5.23. The average molecular weight is 213 g/mol. The zero-order valence-electron chi connectivity index (χ0n) is 8.71. The quantitative estimate of drug-likeness (QED) is 0.669. The molecule has 16 heavy (non-hydrogen) atoms. The standard InChI is InChI=1S/C12H11N3O/c1-2-8-15-12(5-1)13-11(14-15)7-6-10-4-3-9-16-10/h1-5,8-9H,6-7H2. The van der Waals surface area contributed by atoms with Crippen LogP contribution in [0, 0.1) is 0 Å². The topological polar surface area (TPSA) is 43.3 Å². The summed E-state index contributed by atoms with van der Waals surface area (Å²) in [7, 11) is 0. The van der Waals surface area contributed by atoms with Gasteiger partial charge in [-0.3, -0.25) is 0 Å². The average Bonchev–Trinajstić information content (AvgIpc) is 2.95. The van der Waals surface area contributed by atoms with E-state index in [0.29, 0.717) is 0 Å². The minimum Gasteiger partial charge on any atom is -0.469 e. The minimum absolute atomic E-state index is 0.801. The highest BCUT2D eigenvalue weighted by atomic mass is 16.3. The molecular weight excluding hydrogens is 202 g/mol. The number of hydrogen-bond donors (Lipinski definition) is 0. The number of furan rings is 1. The van der Waals surface area contributed by atoms with Crippen molar-refractivity contribution in [3.8, 4) is 0 Å². The third-order valence-electron chi connectivity index (χ3n) is 2.46. The first-order valence-electron chi connectivity index (χ1n) is 5.24. The summed E-state index contributed by atoms with van der Waals surface area (Å²) in [5, 5.41) is 4.38. The van der Waals surface area contributed by atoms with Gasteiger partial charge >= 0.3 is 0 Å². The predicted octanol–water partition coefficient (Wildman–Crippen LogP) is 2.11. The summed E-state index contributed by atoms with van der Waals surface area (Å²) < 4.78 is 7.06. The molecule has 0 aliphatic heterocycles. The molecule has 0 unspecified atom stereocenters. The van der Waals surface area contributed by atoms with Gasteiger partial charge in [-0.25, -0.2) is 9.50 Å². The first-order valence-corrected chi connectivity index (χ1v) is 5.24. The molecule has 4 nitrogen and oxygen atoms in total. The fourth-order valence-electron chi connectivity index (χ4n) is 1.67. The molecule has 3 aromatic rings. The van der Waals surface area contributed by atoms with E-state index in [1.807, 2.05) is 36.5 Å². The molecule has 0 atom stereocenters. The lowest BCUT2D eigenvalue weighted by Gasteiger charge is -1.91. The van der Waals surface area contributed by atoms with Crippen LogP contribution in [0.25, 0.3) is 5.65 Å². The van der Waals surface area contributed by atoms with E-state index in [0.717, 1.165) is 30.1 Å². The molecule has 0 N–H and O–H groups in total. The van der Waals surface area contributed by atoms with Gasteiger partial charge in [0.15, 0.2) is 11.5 Å². The molecule has 0 aromatic carbocycles. The van der Waals surface area contributed by atoms with Crippen molar-refractivity contribution in [3.63, 3.8) is 0 Å². The SMILES string of the molecule is c1coc(CCc2nc3ccccn3n2)c1. The Hall–Kier alpha value is -2.10. The molecule has 0 saturated heterocycles. The van der Waals surface area contributed by atoms with Crippen LogP contribution in [-0.2, 0) is 12.8 Å². The molecule has 0 aliphatic carbocycles. The van der Waals surface area contributed by atoms with Gasteiger partial charge in [0, 0.05) is 19.0 Å². The normalized spacial score (nSPS) is 11.0. The fraction of sp³-hybridized carbons (Fsp3) is 0.167. The smallest absolute Gasteiger partial charge is 0.155 e. The second kappa shape index (κ2) is 3.81. The summed E-state index contributed by atoms with van der Waals surface area (Å²) in [6, 6.07) is 9.71. The molecule has 0 spiro atoms. The molecule has 0 aliphatic rings. The van der Waals surface area contributed by atoms with Crippen LogP contribution >= 0.6 is 0 Å². The van der Waals surface area contributed by atoms with E-state index < -0.39 is 0 Å². The molecule has 0 saturated carbocycles. The Morgan fingerprint density at radius 3 is 2.94 bits per heavy atom. The van der Waals surface area contributed by atoms with Crippen molar-refractivity contribution in [1.29, 1.82) is 0 Å². The maximum Gasteiger partial charge on any atom is 0.155 e. The highest BCUT2D eigenvalue weighted by Gasteiger charge is 2.04. The number of hydrogen-bond acceptors (Lipinski definition) is 3. The zero-order valence-corrected chi connectivity index (χ0v) is 8.71. The van der Waals surface area contributed by atoms with E-state index in [4.69, 9.17) is 4.42 Å². The van der Waals surface area contributed by atoms with Gasteiger partial charge in [0.25, 0.3) is 0 Å². The lowest BCUT2D eigenvalue weighted by atomic mass is 10.2. The first kappa shape index (κ1) is 9.15. The van der Waals surface area contributed by atoms with Crippen molar-refractivity contribution >= 4 is 5.65 Å². The van der Waals surface area contributed by atoms with Crippen LogP contribution in [0.15, 0.2) is 47.2 Å². The van der Waals surface area contributed by atoms with Crippen molar-refractivity contribution in [3.05, 3.63) is 54.4 Å². The molecule has 3 aromatic heterocycles. The summed E-state index contributed by atoms with van der Waals surface area (Å²) in [5.74, 6) is 1.82. The van der Waals surface area contributed by atoms with Gasteiger partial charge in [0.2, 0.25) is 0 Å². The molecule has 0 amide bonds. The highest BCUT2D eigenvalue weighted by molar-refractivity contribution is 5.36. The molecule has 0 fully saturated rings. The van der Waals surface area contributed by atoms with Gasteiger partial charge in [-0.05, 0) is 24.3 Å². The monoisotopic (exact) mass is 213 g/mol. The van der Waals surface area contributed by atoms with Gasteiger partial charge in [0.05, 0.1) is 6.26 Å². The molecule has 3 heterocycles. The van der Waals surface area contributed by atoms with Gasteiger partial charge < -0.3 is 4.42 Å². The maximum atomic E-state index is 5.27. The number of fused-ring (bicyclic) bond motifs is 1. The van der Waals surface area contributed by atoms with Crippen LogP contribution in [0.4, 0.5) is 0 Å². The van der Waals surface area contributed by atoms with Crippen LogP contribution in [0.3, 0.4) is 0 Å². The Morgan fingerprint density at radius 1 is 1.12 bits per heavy atom. The lowest BCUT2D eigenvalue weighted by molar-refractivity contribution is 0.506. The van der Waals surface area contributed by atoms with E-state index >= 15 is 0 Å². The van der Waals surface area contributed by atoms with Crippen LogP contribution in [-0.4, -0.2) is 14.6 Å². The van der Waals surface area contributed by atoms with Crippen LogP contribution in [0.5, 0.6) is 0 Å². The summed E-state index contributed by atoms with van der Waals surface area (Å²) >= 11 is 0. The van der Waals surface area contributed by atoms with Crippen molar-refractivity contribution in [2.45, 2.75) is 12.8 Å².